The van der Waals surface area contributed by atoms with Crippen LogP contribution in [0.4, 0.5) is 17.6 Å². The molecule has 3 aromatic rings. The largest absolute Gasteiger partial charge is 0.497 e. The first-order valence-electron chi connectivity index (χ1n) is 12.7. The summed E-state index contributed by atoms with van der Waals surface area (Å²) in [6.45, 7) is 1.10. The summed E-state index contributed by atoms with van der Waals surface area (Å²) in [6, 6.07) is 5.55. The fraction of sp³-hybridized carbons (Fsp3) is 0.423. The molecule has 0 bridgehead atoms. The first kappa shape index (κ1) is 28.4. The number of aromatic amines is 1. The van der Waals surface area contributed by atoms with E-state index in [9.17, 15) is 31.9 Å². The van der Waals surface area contributed by atoms with Crippen molar-refractivity contribution in [2.24, 2.45) is 5.92 Å². The van der Waals surface area contributed by atoms with Gasteiger partial charge in [0.15, 0.2) is 0 Å². The van der Waals surface area contributed by atoms with Crippen molar-refractivity contribution < 1.29 is 36.6 Å². The number of piperidine rings is 1. The maximum Gasteiger partial charge on any atom is 0.497 e. The van der Waals surface area contributed by atoms with Crippen LogP contribution < -0.4 is 5.56 Å². The maximum atomic E-state index is 14.7. The smallest absolute Gasteiger partial charge is 0.337 e. The normalized spacial score (nSPS) is 17.6. The van der Waals surface area contributed by atoms with Gasteiger partial charge in [-0.15, -0.1) is 4.65 Å². The molecule has 2 fully saturated rings. The number of fused-ring (bicyclic) bond motifs is 1. The lowest BCUT2D eigenvalue weighted by molar-refractivity contribution is -1.09. The number of carbonyl (C=O) groups excluding carboxylic acids is 2. The zero-order valence-corrected chi connectivity index (χ0v) is 22.6. The van der Waals surface area contributed by atoms with Crippen molar-refractivity contribution in [2.45, 2.75) is 31.9 Å². The van der Waals surface area contributed by atoms with E-state index in [-0.39, 0.29) is 71.9 Å². The Bertz CT molecular complexity index is 1530. The highest BCUT2D eigenvalue weighted by Crippen LogP contribution is 2.31. The number of H-pyrrole nitrogens is 1. The van der Waals surface area contributed by atoms with Gasteiger partial charge in [-0.25, -0.2) is 9.18 Å². The van der Waals surface area contributed by atoms with Gasteiger partial charge in [0.1, 0.15) is 36.1 Å². The number of aromatic nitrogens is 2. The zero-order chi connectivity index (χ0) is 28.8. The quantitative estimate of drug-likeness (QED) is 0.325. The van der Waals surface area contributed by atoms with Crippen LogP contribution in [0.25, 0.3) is 5.52 Å². The minimum atomic E-state index is -5.09. The summed E-state index contributed by atoms with van der Waals surface area (Å²) < 4.78 is 54.4. The Morgan fingerprint density at radius 2 is 1.80 bits per heavy atom. The van der Waals surface area contributed by atoms with Crippen LogP contribution in [0.3, 0.4) is 0 Å². The van der Waals surface area contributed by atoms with Gasteiger partial charge in [0.05, 0.1) is 10.6 Å². The molecule has 214 valence electrons. The van der Waals surface area contributed by atoms with Crippen LogP contribution in [-0.4, -0.2) is 69.7 Å². The second-order valence-electron chi connectivity index (χ2n) is 10.3. The lowest BCUT2D eigenvalue weighted by atomic mass is 9.96. The highest BCUT2D eigenvalue weighted by atomic mass is 35.5. The average molecular weight is 604 g/mol. The molecular formula is C26H25Cl2F4N4O4+. The molecule has 0 unspecified atom stereocenters. The topological polar surface area (TPSA) is 83.9 Å². The van der Waals surface area contributed by atoms with E-state index in [0.717, 1.165) is 6.42 Å². The summed E-state index contributed by atoms with van der Waals surface area (Å²) in [5.41, 5.74) is 0.838. The van der Waals surface area contributed by atoms with Gasteiger partial charge >= 0.3 is 12.1 Å². The predicted octanol–water partition coefficient (Wildman–Crippen LogP) is 4.76. The summed E-state index contributed by atoms with van der Waals surface area (Å²) in [6.07, 6.45) is -1.34. The van der Waals surface area contributed by atoms with Crippen LogP contribution in [0.2, 0.25) is 10.2 Å². The Labute approximate surface area is 235 Å². The summed E-state index contributed by atoms with van der Waals surface area (Å²) in [5, 5.41) is 0.349. The molecule has 0 atom stereocenters. The Morgan fingerprint density at radius 1 is 1.10 bits per heavy atom. The lowest BCUT2D eigenvalue weighted by Crippen LogP contribution is -2.62. The van der Waals surface area contributed by atoms with Crippen LogP contribution in [0.1, 0.15) is 40.9 Å². The van der Waals surface area contributed by atoms with E-state index in [4.69, 9.17) is 28.0 Å². The van der Waals surface area contributed by atoms with Gasteiger partial charge < -0.3 is 9.88 Å². The number of hydroxylamine groups is 3. The minimum absolute atomic E-state index is 0.149. The van der Waals surface area contributed by atoms with Crippen LogP contribution >= 0.6 is 23.2 Å². The van der Waals surface area contributed by atoms with Crippen molar-refractivity contribution in [1.29, 1.82) is 0 Å². The summed E-state index contributed by atoms with van der Waals surface area (Å²) in [5.74, 6) is -3.70. The molecule has 0 spiro atoms. The molecule has 1 aromatic carbocycles. The van der Waals surface area contributed by atoms with E-state index in [1.165, 1.54) is 39.8 Å². The minimum Gasteiger partial charge on any atom is -0.337 e. The van der Waals surface area contributed by atoms with E-state index >= 15 is 0 Å². The lowest BCUT2D eigenvalue weighted by Gasteiger charge is -2.45. The Balaban J connectivity index is 1.28. The van der Waals surface area contributed by atoms with E-state index in [1.807, 2.05) is 0 Å². The number of carbonyl (C=O) groups is 2. The number of hydrogen-bond donors (Lipinski definition) is 1. The third-order valence-electron chi connectivity index (χ3n) is 7.41. The fourth-order valence-corrected chi connectivity index (χ4v) is 5.94. The average Bonchev–Trinajstić information content (AvgIpc) is 3.18. The first-order valence-corrected chi connectivity index (χ1v) is 13.4. The Morgan fingerprint density at radius 3 is 2.48 bits per heavy atom. The summed E-state index contributed by atoms with van der Waals surface area (Å²) >= 11 is 12.4. The van der Waals surface area contributed by atoms with E-state index in [2.05, 4.69) is 4.98 Å². The van der Waals surface area contributed by atoms with Gasteiger partial charge in [-0.3, -0.25) is 18.8 Å². The number of benzene rings is 1. The van der Waals surface area contributed by atoms with Crippen molar-refractivity contribution in [2.75, 3.05) is 32.7 Å². The van der Waals surface area contributed by atoms with E-state index < -0.39 is 28.5 Å². The highest BCUT2D eigenvalue weighted by molar-refractivity contribution is 6.42. The van der Waals surface area contributed by atoms with Gasteiger partial charge in [0, 0.05) is 50.2 Å². The SMILES string of the molecule is O=C(c1cc(Cc2c[nH]c(=O)c3cc(Cl)c(Cl)n23)ccc1F)N1CC(C[N+]2(OC(=O)C(F)(F)F)CCCCC2)C1. The number of nitrogens with one attached hydrogen (secondary N) is 1. The molecule has 0 radical (unpaired) electrons. The van der Waals surface area contributed by atoms with Crippen LogP contribution in [-0.2, 0) is 16.1 Å². The molecule has 1 amide bonds. The molecule has 2 aromatic heterocycles. The van der Waals surface area contributed by atoms with Gasteiger partial charge in [0.25, 0.3) is 11.5 Å². The highest BCUT2D eigenvalue weighted by Gasteiger charge is 2.50. The predicted molar refractivity (Wildman–Crippen MR) is 137 cm³/mol. The monoisotopic (exact) mass is 603 g/mol. The van der Waals surface area contributed by atoms with Crippen molar-refractivity contribution in [1.82, 2.24) is 14.3 Å². The molecular weight excluding hydrogens is 579 g/mol. The molecule has 2 aliphatic rings. The number of amides is 1. The molecule has 0 saturated carbocycles. The standard InChI is InChI=1S/C26H24Cl2F4N4O4/c27-19-10-21-23(37)33-11-17(35(21)22(19)28)8-15-4-5-20(29)18(9-15)24(38)34-12-16(13-34)14-36(6-2-1-3-7-36)40-25(39)26(30,31)32/h4-5,9-11,16H,1-3,6-8,12-14H2/p+1. The van der Waals surface area contributed by atoms with Crippen molar-refractivity contribution >= 4 is 40.6 Å². The molecule has 1 N–H and O–H groups in total. The summed E-state index contributed by atoms with van der Waals surface area (Å²) in [4.78, 5) is 45.9. The molecule has 4 heterocycles. The van der Waals surface area contributed by atoms with Gasteiger partial charge in [0.2, 0.25) is 0 Å². The van der Waals surface area contributed by atoms with Gasteiger partial charge in [-0.1, -0.05) is 29.3 Å². The van der Waals surface area contributed by atoms with Gasteiger partial charge in [-0.2, -0.15) is 13.2 Å². The molecule has 40 heavy (non-hydrogen) atoms. The number of nitrogens with zero attached hydrogens (tertiary/aromatic N) is 3. The first-order chi connectivity index (χ1) is 18.9. The molecule has 5 rings (SSSR count). The molecule has 0 aliphatic carbocycles. The van der Waals surface area contributed by atoms with Crippen LogP contribution in [0.15, 0.2) is 35.3 Å². The van der Waals surface area contributed by atoms with E-state index in [0.29, 0.717) is 24.1 Å². The third kappa shape index (κ3) is 5.57. The molecule has 8 nitrogen and oxygen atoms in total. The van der Waals surface area contributed by atoms with Crippen molar-refractivity contribution in [3.8, 4) is 0 Å². The second-order valence-corrected chi connectivity index (χ2v) is 11.1. The van der Waals surface area contributed by atoms with Crippen LogP contribution in [0, 0.1) is 11.7 Å². The van der Waals surface area contributed by atoms with Gasteiger partial charge in [-0.05, 0) is 30.2 Å². The van der Waals surface area contributed by atoms with Crippen LogP contribution in [0.5, 0.6) is 0 Å². The Hall–Kier alpha value is -3.09. The molecule has 2 aliphatic heterocycles. The second kappa shape index (κ2) is 10.7. The number of alkyl halides is 3. The number of halogens is 6. The number of likely N-dealkylation sites (tertiary alicyclic amines) is 2. The summed E-state index contributed by atoms with van der Waals surface area (Å²) in [7, 11) is 0. The molecule has 2 saturated heterocycles. The maximum absolute atomic E-state index is 14.7. The number of quaternary nitrogens is 1. The van der Waals surface area contributed by atoms with Crippen molar-refractivity contribution in [3.63, 3.8) is 0 Å². The third-order valence-corrected chi connectivity index (χ3v) is 8.17. The number of hydrogen-bond acceptors (Lipinski definition) is 4. The fourth-order valence-electron chi connectivity index (χ4n) is 5.50. The zero-order valence-electron chi connectivity index (χ0n) is 21.1. The molecule has 14 heteroatoms. The number of rotatable bonds is 6. The van der Waals surface area contributed by atoms with E-state index in [1.54, 1.807) is 0 Å². The Kier molecular flexibility index (Phi) is 7.62. The van der Waals surface area contributed by atoms with Crippen molar-refractivity contribution in [3.05, 3.63) is 73.6 Å².